The van der Waals surface area contributed by atoms with Gasteiger partial charge in [0.05, 0.1) is 11.6 Å². The Balaban J connectivity index is 1.54. The number of nitrogens with one attached hydrogen (secondary N) is 2. The van der Waals surface area contributed by atoms with Gasteiger partial charge in [-0.2, -0.15) is 0 Å². The zero-order valence-electron chi connectivity index (χ0n) is 18.0. The quantitative estimate of drug-likeness (QED) is 0.298. The van der Waals surface area contributed by atoms with E-state index in [1.54, 1.807) is 43.3 Å². The van der Waals surface area contributed by atoms with E-state index < -0.39 is 12.1 Å². The molecule has 0 aliphatic rings. The predicted molar refractivity (Wildman–Crippen MR) is 129 cm³/mol. The maximum absolute atomic E-state index is 12.5. The van der Waals surface area contributed by atoms with Gasteiger partial charge in [-0.05, 0) is 67.6 Å². The van der Waals surface area contributed by atoms with Crippen molar-refractivity contribution in [2.75, 3.05) is 23.8 Å². The Morgan fingerprint density at radius 1 is 0.882 bits per heavy atom. The summed E-state index contributed by atoms with van der Waals surface area (Å²) in [6.45, 7) is 1.60. The predicted octanol–water partition coefficient (Wildman–Crippen LogP) is 5.80. The highest BCUT2D eigenvalue weighted by atomic mass is 35.5. The lowest BCUT2D eigenvalue weighted by molar-refractivity contribution is -0.118. The lowest BCUT2D eigenvalue weighted by atomic mass is 10.2. The van der Waals surface area contributed by atoms with Crippen molar-refractivity contribution in [3.63, 3.8) is 0 Å². The second-order valence-electron chi connectivity index (χ2n) is 6.76. The summed E-state index contributed by atoms with van der Waals surface area (Å²) in [5, 5.41) is 6.18. The van der Waals surface area contributed by atoms with E-state index in [2.05, 4.69) is 10.6 Å². The molecule has 0 fully saturated rings. The number of carbonyl (C=O) groups excluding carboxylic acids is 3. The van der Waals surface area contributed by atoms with E-state index in [9.17, 15) is 14.4 Å². The van der Waals surface area contributed by atoms with Gasteiger partial charge in [-0.1, -0.05) is 29.3 Å². The standard InChI is InChI=1S/C24H20Cl2N2O6/c1-2-32-24(31)34-19-9-6-15(7-10-19)23(30)28-18-5-3-4-17(13-18)27-22(29)14-33-21-11-8-16(25)12-20(21)26/h3-13H,2,14H2,1H3,(H,27,29)(H,28,30). The van der Waals surface area contributed by atoms with Crippen molar-refractivity contribution in [1.82, 2.24) is 0 Å². The number of amides is 2. The molecule has 0 saturated heterocycles. The van der Waals surface area contributed by atoms with Crippen LogP contribution in [0.15, 0.2) is 66.7 Å². The molecule has 0 unspecified atom stereocenters. The summed E-state index contributed by atoms with van der Waals surface area (Å²) in [5.41, 5.74) is 1.28. The largest absolute Gasteiger partial charge is 0.513 e. The smallest absolute Gasteiger partial charge is 0.482 e. The number of ether oxygens (including phenoxy) is 3. The van der Waals surface area contributed by atoms with Crippen LogP contribution in [0.2, 0.25) is 10.0 Å². The molecule has 0 aromatic heterocycles. The SMILES string of the molecule is CCOC(=O)Oc1ccc(C(=O)Nc2cccc(NC(=O)COc3ccc(Cl)cc3Cl)c2)cc1. The lowest BCUT2D eigenvalue weighted by Gasteiger charge is -2.11. The summed E-state index contributed by atoms with van der Waals surface area (Å²) in [4.78, 5) is 36.1. The van der Waals surface area contributed by atoms with Crippen LogP contribution >= 0.6 is 23.2 Å². The van der Waals surface area contributed by atoms with Crippen LogP contribution in [0.4, 0.5) is 16.2 Å². The molecular weight excluding hydrogens is 483 g/mol. The third kappa shape index (κ3) is 7.40. The number of anilines is 2. The van der Waals surface area contributed by atoms with E-state index in [0.717, 1.165) is 0 Å². The molecule has 0 bridgehead atoms. The highest BCUT2D eigenvalue weighted by molar-refractivity contribution is 6.35. The van der Waals surface area contributed by atoms with Gasteiger partial charge in [0, 0.05) is 22.0 Å². The molecule has 3 aromatic rings. The molecule has 0 saturated carbocycles. The van der Waals surface area contributed by atoms with Gasteiger partial charge in [0.25, 0.3) is 11.8 Å². The van der Waals surface area contributed by atoms with Crippen LogP contribution in [-0.4, -0.2) is 31.2 Å². The molecule has 0 spiro atoms. The number of hydrogen-bond acceptors (Lipinski definition) is 6. The molecule has 10 heteroatoms. The van der Waals surface area contributed by atoms with Crippen molar-refractivity contribution in [3.8, 4) is 11.5 Å². The maximum Gasteiger partial charge on any atom is 0.513 e. The third-order valence-electron chi connectivity index (χ3n) is 4.24. The van der Waals surface area contributed by atoms with Crippen LogP contribution in [0.5, 0.6) is 11.5 Å². The first-order chi connectivity index (χ1) is 16.3. The topological polar surface area (TPSA) is 103 Å². The van der Waals surface area contributed by atoms with E-state index in [-0.39, 0.29) is 24.9 Å². The molecule has 34 heavy (non-hydrogen) atoms. The fourth-order valence-corrected chi connectivity index (χ4v) is 3.19. The van der Waals surface area contributed by atoms with Crippen LogP contribution in [0.25, 0.3) is 0 Å². The van der Waals surface area contributed by atoms with Crippen LogP contribution in [0.3, 0.4) is 0 Å². The van der Waals surface area contributed by atoms with Gasteiger partial charge >= 0.3 is 6.16 Å². The molecule has 8 nitrogen and oxygen atoms in total. The molecule has 0 radical (unpaired) electrons. The molecule has 2 amide bonds. The monoisotopic (exact) mass is 502 g/mol. The van der Waals surface area contributed by atoms with Crippen molar-refractivity contribution in [3.05, 3.63) is 82.3 Å². The number of hydrogen-bond donors (Lipinski definition) is 2. The van der Waals surface area contributed by atoms with Crippen LogP contribution in [-0.2, 0) is 9.53 Å². The lowest BCUT2D eigenvalue weighted by Crippen LogP contribution is -2.20. The number of carbonyl (C=O) groups is 3. The van der Waals surface area contributed by atoms with Crippen LogP contribution in [0, 0.1) is 0 Å². The Labute approximate surface area is 205 Å². The fraction of sp³-hybridized carbons (Fsp3) is 0.125. The number of halogens is 2. The summed E-state index contributed by atoms with van der Waals surface area (Å²) in [6.07, 6.45) is -0.819. The first-order valence-electron chi connectivity index (χ1n) is 10.1. The van der Waals surface area contributed by atoms with Gasteiger partial charge in [-0.25, -0.2) is 4.79 Å². The van der Waals surface area contributed by atoms with Gasteiger partial charge in [-0.3, -0.25) is 9.59 Å². The van der Waals surface area contributed by atoms with Gasteiger partial charge in [-0.15, -0.1) is 0 Å². The molecule has 0 heterocycles. The molecule has 2 N–H and O–H groups in total. The van der Waals surface area contributed by atoms with Crippen molar-refractivity contribution in [2.45, 2.75) is 6.92 Å². The number of benzene rings is 3. The van der Waals surface area contributed by atoms with E-state index in [1.165, 1.54) is 30.3 Å². The van der Waals surface area contributed by atoms with Gasteiger partial charge in [0.2, 0.25) is 0 Å². The average molecular weight is 503 g/mol. The second-order valence-corrected chi connectivity index (χ2v) is 7.60. The van der Waals surface area contributed by atoms with Crippen molar-refractivity contribution < 1.29 is 28.6 Å². The van der Waals surface area contributed by atoms with E-state index in [4.69, 9.17) is 37.4 Å². The van der Waals surface area contributed by atoms with Crippen molar-refractivity contribution >= 4 is 52.5 Å². The Bertz CT molecular complexity index is 1180. The minimum absolute atomic E-state index is 0.197. The molecule has 3 rings (SSSR count). The molecule has 176 valence electrons. The first-order valence-corrected chi connectivity index (χ1v) is 10.8. The zero-order chi connectivity index (χ0) is 24.5. The van der Waals surface area contributed by atoms with E-state index in [1.807, 2.05) is 0 Å². The van der Waals surface area contributed by atoms with Gasteiger partial charge in [0.1, 0.15) is 11.5 Å². The zero-order valence-corrected chi connectivity index (χ0v) is 19.5. The average Bonchev–Trinajstić information content (AvgIpc) is 2.79. The highest BCUT2D eigenvalue weighted by Crippen LogP contribution is 2.27. The van der Waals surface area contributed by atoms with E-state index in [0.29, 0.717) is 32.7 Å². The Morgan fingerprint density at radius 3 is 2.26 bits per heavy atom. The Hall–Kier alpha value is -3.75. The summed E-state index contributed by atoms with van der Waals surface area (Å²) in [7, 11) is 0. The van der Waals surface area contributed by atoms with Crippen molar-refractivity contribution in [1.29, 1.82) is 0 Å². The van der Waals surface area contributed by atoms with E-state index >= 15 is 0 Å². The molecule has 0 aliphatic heterocycles. The summed E-state index contributed by atoms with van der Waals surface area (Å²) < 4.78 is 15.1. The first kappa shape index (κ1) is 24.9. The minimum Gasteiger partial charge on any atom is -0.482 e. The van der Waals surface area contributed by atoms with Gasteiger partial charge in [0.15, 0.2) is 6.61 Å². The Kier molecular flexibility index (Phi) is 8.73. The molecule has 0 atom stereocenters. The number of rotatable bonds is 8. The summed E-state index contributed by atoms with van der Waals surface area (Å²) in [5.74, 6) is -0.207. The normalized spacial score (nSPS) is 10.2. The minimum atomic E-state index is -0.819. The molecular formula is C24H20Cl2N2O6. The van der Waals surface area contributed by atoms with Gasteiger partial charge < -0.3 is 24.8 Å². The third-order valence-corrected chi connectivity index (χ3v) is 4.77. The molecule has 0 aliphatic carbocycles. The maximum atomic E-state index is 12.5. The Morgan fingerprint density at radius 2 is 1.59 bits per heavy atom. The molecule has 3 aromatic carbocycles. The van der Waals surface area contributed by atoms with Crippen molar-refractivity contribution in [2.24, 2.45) is 0 Å². The highest BCUT2D eigenvalue weighted by Gasteiger charge is 2.11. The summed E-state index contributed by atoms with van der Waals surface area (Å²) >= 11 is 11.9. The van der Waals surface area contributed by atoms with Crippen LogP contribution in [0.1, 0.15) is 17.3 Å². The fourth-order valence-electron chi connectivity index (χ4n) is 2.73. The van der Waals surface area contributed by atoms with Crippen LogP contribution < -0.4 is 20.1 Å². The summed E-state index contributed by atoms with van der Waals surface area (Å²) in [6, 6.07) is 17.3. The second kappa shape index (κ2) is 11.9.